The number of halogens is 1. The fourth-order valence-corrected chi connectivity index (χ4v) is 2.72. The van der Waals surface area contributed by atoms with Crippen LogP contribution in [0.25, 0.3) is 0 Å². The van der Waals surface area contributed by atoms with Crippen LogP contribution in [0.4, 0.5) is 0 Å². The van der Waals surface area contributed by atoms with Crippen molar-refractivity contribution in [3.05, 3.63) is 16.4 Å². The second kappa shape index (κ2) is 7.98. The number of rotatable bonds is 8. The summed E-state index contributed by atoms with van der Waals surface area (Å²) in [6, 6.07) is 0.00819. The van der Waals surface area contributed by atoms with Gasteiger partial charge in [0, 0.05) is 19.6 Å². The number of hydrogen-bond acceptors (Lipinski definition) is 4. The van der Waals surface area contributed by atoms with Crippen molar-refractivity contribution in [1.29, 1.82) is 0 Å². The standard InChI is InChI=1S/C14H27ClN4O/c1-6-19-12(13(15)10(5)18-19)8-11(17-16)14(9(3)4)20-7-2/h9,11,14,17H,6-8,16H2,1-5H3. The van der Waals surface area contributed by atoms with Gasteiger partial charge in [0.2, 0.25) is 0 Å². The van der Waals surface area contributed by atoms with Gasteiger partial charge in [0.05, 0.1) is 28.6 Å². The molecule has 20 heavy (non-hydrogen) atoms. The summed E-state index contributed by atoms with van der Waals surface area (Å²) in [5.41, 5.74) is 4.75. The van der Waals surface area contributed by atoms with Crippen LogP contribution in [0.1, 0.15) is 39.1 Å². The number of hydrogen-bond donors (Lipinski definition) is 2. The van der Waals surface area contributed by atoms with E-state index in [2.05, 4.69) is 31.3 Å². The number of aromatic nitrogens is 2. The second-order valence-electron chi connectivity index (χ2n) is 5.30. The molecule has 2 atom stereocenters. The highest BCUT2D eigenvalue weighted by Crippen LogP contribution is 2.24. The van der Waals surface area contributed by atoms with E-state index in [0.29, 0.717) is 18.9 Å². The quantitative estimate of drug-likeness (QED) is 0.571. The molecule has 2 unspecified atom stereocenters. The molecule has 0 aromatic carbocycles. The van der Waals surface area contributed by atoms with Crippen molar-refractivity contribution in [2.75, 3.05) is 6.61 Å². The van der Waals surface area contributed by atoms with Gasteiger partial charge >= 0.3 is 0 Å². The molecule has 0 saturated heterocycles. The van der Waals surface area contributed by atoms with Gasteiger partial charge in [0.15, 0.2) is 0 Å². The highest BCUT2D eigenvalue weighted by atomic mass is 35.5. The number of aryl methyl sites for hydroxylation is 2. The largest absolute Gasteiger partial charge is 0.377 e. The molecule has 1 aromatic rings. The molecule has 5 nitrogen and oxygen atoms in total. The van der Waals surface area contributed by atoms with E-state index in [1.165, 1.54) is 0 Å². The maximum absolute atomic E-state index is 6.36. The van der Waals surface area contributed by atoms with Crippen LogP contribution < -0.4 is 11.3 Å². The van der Waals surface area contributed by atoms with E-state index in [-0.39, 0.29) is 12.1 Å². The minimum Gasteiger partial charge on any atom is -0.377 e. The van der Waals surface area contributed by atoms with Crippen LogP contribution in [0.15, 0.2) is 0 Å². The molecule has 0 aliphatic rings. The molecule has 3 N–H and O–H groups in total. The smallest absolute Gasteiger partial charge is 0.0847 e. The third-order valence-electron chi connectivity index (χ3n) is 3.49. The van der Waals surface area contributed by atoms with Gasteiger partial charge in [-0.15, -0.1) is 0 Å². The molecule has 0 fully saturated rings. The zero-order valence-electron chi connectivity index (χ0n) is 13.1. The molecule has 0 saturated carbocycles. The Labute approximate surface area is 126 Å². The third kappa shape index (κ3) is 3.95. The second-order valence-corrected chi connectivity index (χ2v) is 5.68. The number of ether oxygens (including phenoxy) is 1. The van der Waals surface area contributed by atoms with E-state index in [1.807, 2.05) is 18.5 Å². The van der Waals surface area contributed by atoms with Crippen molar-refractivity contribution in [2.45, 2.75) is 59.7 Å². The molecule has 0 spiro atoms. The summed E-state index contributed by atoms with van der Waals surface area (Å²) in [6.07, 6.45) is 0.744. The number of nitrogens with one attached hydrogen (secondary N) is 1. The van der Waals surface area contributed by atoms with Crippen molar-refractivity contribution >= 4 is 11.6 Å². The van der Waals surface area contributed by atoms with E-state index in [9.17, 15) is 0 Å². The minimum absolute atomic E-state index is 0.00819. The molecular weight excluding hydrogens is 276 g/mol. The molecule has 116 valence electrons. The summed E-state index contributed by atoms with van der Waals surface area (Å²) < 4.78 is 7.77. The summed E-state index contributed by atoms with van der Waals surface area (Å²) in [7, 11) is 0. The molecular formula is C14H27ClN4O. The number of nitrogens with zero attached hydrogens (tertiary/aromatic N) is 2. The Bertz CT molecular complexity index is 420. The summed E-state index contributed by atoms with van der Waals surface area (Å²) in [5, 5.41) is 5.17. The van der Waals surface area contributed by atoms with Crippen molar-refractivity contribution in [3.63, 3.8) is 0 Å². The Morgan fingerprint density at radius 1 is 1.40 bits per heavy atom. The highest BCUT2D eigenvalue weighted by Gasteiger charge is 2.27. The lowest BCUT2D eigenvalue weighted by Crippen LogP contribution is -2.49. The normalized spacial score (nSPS) is 14.8. The first-order valence-electron chi connectivity index (χ1n) is 7.25. The first-order valence-corrected chi connectivity index (χ1v) is 7.63. The molecule has 0 bridgehead atoms. The van der Waals surface area contributed by atoms with E-state index in [1.54, 1.807) is 0 Å². The van der Waals surface area contributed by atoms with E-state index in [4.69, 9.17) is 22.2 Å². The molecule has 1 rings (SSSR count). The lowest BCUT2D eigenvalue weighted by Gasteiger charge is -2.29. The van der Waals surface area contributed by atoms with Crippen LogP contribution in [-0.2, 0) is 17.7 Å². The Morgan fingerprint density at radius 3 is 2.50 bits per heavy atom. The van der Waals surface area contributed by atoms with Gasteiger partial charge in [0.1, 0.15) is 0 Å². The lowest BCUT2D eigenvalue weighted by atomic mass is 9.96. The van der Waals surface area contributed by atoms with Gasteiger partial charge in [-0.05, 0) is 26.7 Å². The van der Waals surface area contributed by atoms with Crippen molar-refractivity contribution in [2.24, 2.45) is 11.8 Å². The van der Waals surface area contributed by atoms with Crippen molar-refractivity contribution < 1.29 is 4.74 Å². The van der Waals surface area contributed by atoms with Crippen LogP contribution in [0, 0.1) is 12.8 Å². The molecule has 1 heterocycles. The molecule has 1 aromatic heterocycles. The topological polar surface area (TPSA) is 65.1 Å². The fourth-order valence-electron chi connectivity index (χ4n) is 2.51. The van der Waals surface area contributed by atoms with Crippen LogP contribution in [-0.4, -0.2) is 28.5 Å². The monoisotopic (exact) mass is 302 g/mol. The number of hydrazine groups is 1. The minimum atomic E-state index is 0.00819. The SMILES string of the molecule is CCOC(C(C)C)C(Cc1c(Cl)c(C)nn1CC)NN. The Hall–Kier alpha value is -0.620. The Morgan fingerprint density at radius 2 is 2.05 bits per heavy atom. The van der Waals surface area contributed by atoms with Gasteiger partial charge in [-0.2, -0.15) is 5.10 Å². The third-order valence-corrected chi connectivity index (χ3v) is 3.98. The van der Waals surface area contributed by atoms with Gasteiger partial charge in [0.25, 0.3) is 0 Å². The Kier molecular flexibility index (Phi) is 6.95. The summed E-state index contributed by atoms with van der Waals surface area (Å²) in [6.45, 7) is 11.7. The zero-order chi connectivity index (χ0) is 15.3. The summed E-state index contributed by atoms with van der Waals surface area (Å²) in [4.78, 5) is 0. The van der Waals surface area contributed by atoms with E-state index < -0.39 is 0 Å². The maximum atomic E-state index is 6.36. The maximum Gasteiger partial charge on any atom is 0.0847 e. The van der Waals surface area contributed by atoms with Gasteiger partial charge in [-0.3, -0.25) is 16.0 Å². The molecule has 6 heteroatoms. The van der Waals surface area contributed by atoms with Gasteiger partial charge < -0.3 is 4.74 Å². The van der Waals surface area contributed by atoms with Crippen molar-refractivity contribution in [3.8, 4) is 0 Å². The van der Waals surface area contributed by atoms with Crippen molar-refractivity contribution in [1.82, 2.24) is 15.2 Å². The molecule has 0 aliphatic carbocycles. The first-order chi connectivity index (χ1) is 9.46. The lowest BCUT2D eigenvalue weighted by molar-refractivity contribution is 0.00313. The van der Waals surface area contributed by atoms with Gasteiger partial charge in [-0.1, -0.05) is 25.4 Å². The molecule has 0 aliphatic heterocycles. The molecule has 0 radical (unpaired) electrons. The molecule has 0 amide bonds. The van der Waals surface area contributed by atoms with E-state index >= 15 is 0 Å². The van der Waals surface area contributed by atoms with Crippen LogP contribution >= 0.6 is 11.6 Å². The zero-order valence-corrected chi connectivity index (χ0v) is 13.9. The van der Waals surface area contributed by atoms with Crippen LogP contribution in [0.5, 0.6) is 0 Å². The van der Waals surface area contributed by atoms with Crippen LogP contribution in [0.2, 0.25) is 5.02 Å². The average Bonchev–Trinajstić information content (AvgIpc) is 2.69. The Balaban J connectivity index is 2.97. The van der Waals surface area contributed by atoms with E-state index in [0.717, 1.165) is 23.0 Å². The highest BCUT2D eigenvalue weighted by molar-refractivity contribution is 6.31. The fraction of sp³-hybridized carbons (Fsp3) is 0.786. The summed E-state index contributed by atoms with van der Waals surface area (Å²) in [5.74, 6) is 6.10. The predicted octanol–water partition coefficient (Wildman–Crippen LogP) is 2.30. The first kappa shape index (κ1) is 17.4. The average molecular weight is 303 g/mol. The van der Waals surface area contributed by atoms with Gasteiger partial charge in [-0.25, -0.2) is 0 Å². The summed E-state index contributed by atoms with van der Waals surface area (Å²) >= 11 is 6.36. The predicted molar refractivity (Wildman–Crippen MR) is 82.7 cm³/mol. The number of nitrogens with two attached hydrogens (primary N) is 1. The van der Waals surface area contributed by atoms with Crippen LogP contribution in [0.3, 0.4) is 0 Å².